The fraction of sp³-hybridized carbons (Fsp3) is 0.586. The molecule has 3 fully saturated rings. The lowest BCUT2D eigenvalue weighted by Crippen LogP contribution is -2.59. The highest BCUT2D eigenvalue weighted by Crippen LogP contribution is 2.50. The summed E-state index contributed by atoms with van der Waals surface area (Å²) in [6, 6.07) is 9.72. The van der Waals surface area contributed by atoms with Crippen molar-refractivity contribution in [2.24, 2.45) is 23.7 Å². The first kappa shape index (κ1) is 25.6. The number of allylic oxidation sites excluding steroid dienone is 1. The van der Waals surface area contributed by atoms with E-state index in [9.17, 15) is 19.8 Å². The minimum Gasteiger partial charge on any atom is -0.462 e. The number of hydrogen-bond acceptors (Lipinski definition) is 5. The van der Waals surface area contributed by atoms with Gasteiger partial charge < -0.3 is 20.3 Å². The van der Waals surface area contributed by atoms with Gasteiger partial charge in [0.15, 0.2) is 5.60 Å². The predicted molar refractivity (Wildman–Crippen MR) is 134 cm³/mol. The molecule has 1 amide bonds. The second-order valence-electron chi connectivity index (χ2n) is 10.8. The number of nitrogens with one attached hydrogen (secondary N) is 1. The average molecular weight is 482 g/mol. The van der Waals surface area contributed by atoms with Crippen LogP contribution in [0, 0.1) is 23.7 Å². The normalized spacial score (nSPS) is 35.7. The van der Waals surface area contributed by atoms with Gasteiger partial charge >= 0.3 is 5.97 Å². The van der Waals surface area contributed by atoms with Crippen LogP contribution in [0.2, 0.25) is 0 Å². The molecule has 4 rings (SSSR count). The number of esters is 1. The van der Waals surface area contributed by atoms with Gasteiger partial charge in [-0.15, -0.1) is 0 Å². The Bertz CT molecular complexity index is 959. The van der Waals surface area contributed by atoms with E-state index in [0.29, 0.717) is 24.3 Å². The summed E-state index contributed by atoms with van der Waals surface area (Å²) >= 11 is 0. The molecule has 0 bridgehead atoms. The van der Waals surface area contributed by atoms with Crippen molar-refractivity contribution in [3.63, 3.8) is 0 Å². The van der Waals surface area contributed by atoms with Crippen LogP contribution in [0.25, 0.3) is 0 Å². The smallest absolute Gasteiger partial charge is 0.306 e. The van der Waals surface area contributed by atoms with Crippen LogP contribution in [0.5, 0.6) is 0 Å². The summed E-state index contributed by atoms with van der Waals surface area (Å²) in [5.41, 5.74) is 0.0910. The van der Waals surface area contributed by atoms with Crippen LogP contribution in [0.15, 0.2) is 54.6 Å². The number of amides is 1. The van der Waals surface area contributed by atoms with Gasteiger partial charge in [0.2, 0.25) is 0 Å². The summed E-state index contributed by atoms with van der Waals surface area (Å²) in [6.45, 7) is 8.25. The van der Waals surface area contributed by atoms with Crippen LogP contribution in [-0.2, 0) is 20.7 Å². The molecule has 1 aromatic carbocycles. The minimum atomic E-state index is -1.68. The van der Waals surface area contributed by atoms with Crippen LogP contribution >= 0.6 is 0 Å². The second kappa shape index (κ2) is 10.7. The molecule has 3 aliphatic rings. The van der Waals surface area contributed by atoms with Crippen molar-refractivity contribution in [2.75, 3.05) is 0 Å². The molecule has 2 saturated heterocycles. The van der Waals surface area contributed by atoms with Gasteiger partial charge in [0.1, 0.15) is 6.10 Å². The maximum absolute atomic E-state index is 13.2. The molecular weight excluding hydrogens is 442 g/mol. The van der Waals surface area contributed by atoms with Crippen LogP contribution in [0.4, 0.5) is 0 Å². The standard InChI is InChI=1S/C29H39NO5/c1-18(9-7-13-22-15-16-25(31)35-22)10-8-14-23-27(32)20(3)19(2)26-24(30-28(33)29(23,26)34)17-21-11-5-4-6-12-21/h4-6,8,11-12,14,18-19,22-24,26-27,32,34H,3,7,9-10,13,15-17H2,1-2H3,(H,30,33)/b14-8+/t18-,19+,22+,23-,24+,26-,27+,29+/m1/s1. The molecule has 2 heterocycles. The summed E-state index contributed by atoms with van der Waals surface area (Å²) in [4.78, 5) is 24.4. The number of benzene rings is 1. The molecule has 8 atom stereocenters. The SMILES string of the molecule is C=C1[C@H](C)[C@@H]2[C@H](Cc3ccccc3)NC(=O)[C@]2(O)[C@H](/C=C/C[C@H](C)CCC[C@H]2CCC(=O)O2)[C@H]1O. The van der Waals surface area contributed by atoms with E-state index >= 15 is 0 Å². The fourth-order valence-corrected chi connectivity index (χ4v) is 6.26. The number of carbonyl (C=O) groups is 2. The first-order chi connectivity index (χ1) is 16.7. The van der Waals surface area contributed by atoms with Crippen molar-refractivity contribution in [1.29, 1.82) is 0 Å². The molecule has 0 radical (unpaired) electrons. The Morgan fingerprint density at radius 2 is 2.03 bits per heavy atom. The number of fused-ring (bicyclic) bond motifs is 1. The van der Waals surface area contributed by atoms with E-state index in [4.69, 9.17) is 4.74 Å². The van der Waals surface area contributed by atoms with E-state index in [-0.39, 0.29) is 30.0 Å². The molecule has 2 aliphatic heterocycles. The topological polar surface area (TPSA) is 95.9 Å². The van der Waals surface area contributed by atoms with Gasteiger partial charge in [-0.3, -0.25) is 9.59 Å². The second-order valence-corrected chi connectivity index (χ2v) is 10.8. The summed E-state index contributed by atoms with van der Waals surface area (Å²) in [7, 11) is 0. The molecule has 6 nitrogen and oxygen atoms in total. The number of hydrogen-bond donors (Lipinski definition) is 3. The third-order valence-electron chi connectivity index (χ3n) is 8.35. The van der Waals surface area contributed by atoms with E-state index in [2.05, 4.69) is 18.8 Å². The summed E-state index contributed by atoms with van der Waals surface area (Å²) in [5, 5.41) is 25.9. The quantitative estimate of drug-likeness (QED) is 0.369. The number of aliphatic hydroxyl groups is 2. The lowest BCUT2D eigenvalue weighted by atomic mass is 9.60. The monoisotopic (exact) mass is 481 g/mol. The third kappa shape index (κ3) is 5.24. The first-order valence-electron chi connectivity index (χ1n) is 13.0. The van der Waals surface area contributed by atoms with Gasteiger partial charge in [-0.2, -0.15) is 0 Å². The van der Waals surface area contributed by atoms with Crippen molar-refractivity contribution in [2.45, 2.75) is 82.6 Å². The zero-order chi connectivity index (χ0) is 25.2. The fourth-order valence-electron chi connectivity index (χ4n) is 6.26. The lowest BCUT2D eigenvalue weighted by molar-refractivity contribution is -0.154. The molecule has 0 aromatic heterocycles. The van der Waals surface area contributed by atoms with Crippen LogP contribution in [-0.4, -0.2) is 45.9 Å². The van der Waals surface area contributed by atoms with Crippen LogP contribution < -0.4 is 5.32 Å². The van der Waals surface area contributed by atoms with Gasteiger partial charge in [-0.05, 0) is 55.1 Å². The number of cyclic esters (lactones) is 1. The Hall–Kier alpha value is -2.44. The summed E-state index contributed by atoms with van der Waals surface area (Å²) in [6.07, 6.45) is 8.54. The van der Waals surface area contributed by atoms with Crippen LogP contribution in [0.1, 0.15) is 57.9 Å². The van der Waals surface area contributed by atoms with Crippen molar-refractivity contribution in [3.8, 4) is 0 Å². The predicted octanol–water partition coefficient (Wildman–Crippen LogP) is 3.72. The maximum atomic E-state index is 13.2. The molecule has 1 saturated carbocycles. The van der Waals surface area contributed by atoms with Gasteiger partial charge in [-0.1, -0.05) is 69.3 Å². The molecule has 1 aliphatic carbocycles. The summed E-state index contributed by atoms with van der Waals surface area (Å²) < 4.78 is 5.29. The van der Waals surface area contributed by atoms with Gasteiger partial charge in [0.25, 0.3) is 5.91 Å². The number of aliphatic hydroxyl groups excluding tert-OH is 1. The van der Waals surface area contributed by atoms with E-state index in [1.165, 1.54) is 0 Å². The molecule has 190 valence electrons. The number of ether oxygens (including phenoxy) is 1. The average Bonchev–Trinajstić information content (AvgIpc) is 3.35. The van der Waals surface area contributed by atoms with Crippen molar-refractivity contribution in [1.82, 2.24) is 5.32 Å². The molecule has 1 aromatic rings. The largest absolute Gasteiger partial charge is 0.462 e. The van der Waals surface area contributed by atoms with E-state index in [1.807, 2.05) is 49.4 Å². The Labute approximate surface area is 208 Å². The highest BCUT2D eigenvalue weighted by atomic mass is 16.5. The maximum Gasteiger partial charge on any atom is 0.306 e. The molecular formula is C29H39NO5. The summed E-state index contributed by atoms with van der Waals surface area (Å²) in [5.74, 6) is -1.40. The zero-order valence-corrected chi connectivity index (χ0v) is 20.9. The van der Waals surface area contributed by atoms with Gasteiger partial charge in [-0.25, -0.2) is 0 Å². The van der Waals surface area contributed by atoms with E-state index < -0.39 is 23.5 Å². The molecule has 35 heavy (non-hydrogen) atoms. The molecule has 3 N–H and O–H groups in total. The zero-order valence-electron chi connectivity index (χ0n) is 20.9. The Kier molecular flexibility index (Phi) is 7.82. The Balaban J connectivity index is 1.41. The highest BCUT2D eigenvalue weighted by Gasteiger charge is 2.64. The minimum absolute atomic E-state index is 0.0616. The van der Waals surface area contributed by atoms with Crippen molar-refractivity contribution in [3.05, 3.63) is 60.2 Å². The first-order valence-corrected chi connectivity index (χ1v) is 13.0. The highest BCUT2D eigenvalue weighted by molar-refractivity contribution is 5.89. The number of rotatable bonds is 9. The Morgan fingerprint density at radius 1 is 1.29 bits per heavy atom. The van der Waals surface area contributed by atoms with Crippen molar-refractivity contribution >= 4 is 11.9 Å². The van der Waals surface area contributed by atoms with Crippen molar-refractivity contribution < 1.29 is 24.5 Å². The van der Waals surface area contributed by atoms with Gasteiger partial charge in [0, 0.05) is 24.3 Å². The molecule has 0 spiro atoms. The van der Waals surface area contributed by atoms with Crippen LogP contribution in [0.3, 0.4) is 0 Å². The van der Waals surface area contributed by atoms with Gasteiger partial charge in [0.05, 0.1) is 6.10 Å². The third-order valence-corrected chi connectivity index (χ3v) is 8.35. The molecule has 0 unspecified atom stereocenters. The van der Waals surface area contributed by atoms with E-state index in [1.54, 1.807) is 0 Å². The Morgan fingerprint density at radius 3 is 2.71 bits per heavy atom. The molecule has 6 heteroatoms. The van der Waals surface area contributed by atoms with E-state index in [0.717, 1.165) is 37.7 Å². The lowest BCUT2D eigenvalue weighted by Gasteiger charge is -2.47. The number of carbonyl (C=O) groups excluding carboxylic acids is 2.